The molecule has 0 aromatic heterocycles. The number of sulfonamides is 1. The number of aliphatic imine (C=N–C) groups is 1. The van der Waals surface area contributed by atoms with Gasteiger partial charge in [-0.1, -0.05) is 18.2 Å². The molecule has 1 aromatic rings. The van der Waals surface area contributed by atoms with E-state index >= 15 is 0 Å². The van der Waals surface area contributed by atoms with Gasteiger partial charge in [-0.2, -0.15) is 16.1 Å². The van der Waals surface area contributed by atoms with E-state index in [9.17, 15) is 8.42 Å². The molecule has 2 aliphatic rings. The summed E-state index contributed by atoms with van der Waals surface area (Å²) in [6.45, 7) is 1.98. The lowest BCUT2D eigenvalue weighted by Gasteiger charge is -2.31. The third kappa shape index (κ3) is 6.73. The van der Waals surface area contributed by atoms with E-state index in [1.54, 1.807) is 28.6 Å². The molecule has 3 rings (SSSR count). The molecule has 0 spiro atoms. The first-order valence-electron chi connectivity index (χ1n) is 10.1. The van der Waals surface area contributed by atoms with Gasteiger partial charge in [-0.25, -0.2) is 8.42 Å². The number of thioether (sulfide) groups is 1. The van der Waals surface area contributed by atoms with Crippen LogP contribution >= 0.6 is 35.7 Å². The molecular weight excluding hydrogens is 519 g/mol. The van der Waals surface area contributed by atoms with E-state index in [2.05, 4.69) is 21.9 Å². The van der Waals surface area contributed by atoms with Crippen molar-refractivity contribution in [2.24, 2.45) is 10.9 Å². The number of piperidine rings is 1. The maximum absolute atomic E-state index is 12.7. The minimum atomic E-state index is -3.37. The fourth-order valence-corrected chi connectivity index (χ4v) is 6.30. The van der Waals surface area contributed by atoms with Crippen molar-refractivity contribution in [2.75, 3.05) is 32.9 Å². The number of hydrogen-bond acceptors (Lipinski definition) is 4. The predicted molar refractivity (Wildman–Crippen MR) is 133 cm³/mol. The lowest BCUT2D eigenvalue weighted by molar-refractivity contribution is 0.273. The first-order chi connectivity index (χ1) is 13.5. The maximum atomic E-state index is 12.7. The van der Waals surface area contributed by atoms with E-state index in [0.29, 0.717) is 29.9 Å². The van der Waals surface area contributed by atoms with Crippen LogP contribution in [0.15, 0.2) is 40.2 Å². The van der Waals surface area contributed by atoms with Gasteiger partial charge in [0.05, 0.1) is 4.90 Å². The van der Waals surface area contributed by atoms with Crippen molar-refractivity contribution in [3.8, 4) is 0 Å². The van der Waals surface area contributed by atoms with Crippen molar-refractivity contribution >= 4 is 51.7 Å². The van der Waals surface area contributed by atoms with E-state index in [1.165, 1.54) is 19.3 Å². The molecule has 0 radical (unpaired) electrons. The van der Waals surface area contributed by atoms with Gasteiger partial charge in [0.1, 0.15) is 0 Å². The van der Waals surface area contributed by atoms with Gasteiger partial charge in [0.2, 0.25) is 10.0 Å². The van der Waals surface area contributed by atoms with Crippen molar-refractivity contribution < 1.29 is 8.42 Å². The first kappa shape index (κ1) is 24.7. The molecule has 2 atom stereocenters. The van der Waals surface area contributed by atoms with Crippen molar-refractivity contribution in [3.63, 3.8) is 0 Å². The maximum Gasteiger partial charge on any atom is 0.243 e. The molecule has 29 heavy (non-hydrogen) atoms. The molecule has 0 bridgehead atoms. The Bertz CT molecular complexity index is 753. The average molecular weight is 553 g/mol. The third-order valence-electron chi connectivity index (χ3n) is 5.79. The standard InChI is InChI=1S/C20H32N4O2S2.HI/c1-21-20(23-17-8-9-18(14-17)27-2)22-15-16-10-12-24(13-11-16)28(25,26)19-6-4-3-5-7-19;/h3-7,16-18H,8-15H2,1-2H3,(H2,21,22,23);1H. The van der Waals surface area contributed by atoms with Gasteiger partial charge in [-0.15, -0.1) is 24.0 Å². The Morgan fingerprint density at radius 1 is 1.17 bits per heavy atom. The van der Waals surface area contributed by atoms with E-state index in [-0.39, 0.29) is 24.0 Å². The average Bonchev–Trinajstić information content (AvgIpc) is 3.19. The van der Waals surface area contributed by atoms with Crippen LogP contribution in [-0.2, 0) is 10.0 Å². The monoisotopic (exact) mass is 552 g/mol. The fourth-order valence-electron chi connectivity index (χ4n) is 4.01. The van der Waals surface area contributed by atoms with E-state index in [0.717, 1.165) is 30.6 Å². The van der Waals surface area contributed by atoms with E-state index < -0.39 is 10.0 Å². The summed E-state index contributed by atoms with van der Waals surface area (Å²) in [4.78, 5) is 4.75. The van der Waals surface area contributed by atoms with Crippen LogP contribution in [0.5, 0.6) is 0 Å². The molecule has 2 fully saturated rings. The van der Waals surface area contributed by atoms with Gasteiger partial charge in [0.15, 0.2) is 5.96 Å². The highest BCUT2D eigenvalue weighted by Gasteiger charge is 2.29. The molecule has 164 valence electrons. The second-order valence-electron chi connectivity index (χ2n) is 7.63. The summed E-state index contributed by atoms with van der Waals surface area (Å²) in [5, 5.41) is 7.75. The SMILES string of the molecule is CN=C(NCC1CCN(S(=O)(=O)c2ccccc2)CC1)NC1CCC(SC)C1.I. The predicted octanol–water partition coefficient (Wildman–Crippen LogP) is 3.15. The number of hydrogen-bond donors (Lipinski definition) is 2. The summed E-state index contributed by atoms with van der Waals surface area (Å²) >= 11 is 1.95. The van der Waals surface area contributed by atoms with Crippen molar-refractivity contribution in [2.45, 2.75) is 48.3 Å². The topological polar surface area (TPSA) is 73.8 Å². The van der Waals surface area contributed by atoms with E-state index in [1.807, 2.05) is 24.9 Å². The van der Waals surface area contributed by atoms with Crippen LogP contribution in [0.25, 0.3) is 0 Å². The summed E-state index contributed by atoms with van der Waals surface area (Å²) in [7, 11) is -1.56. The molecule has 6 nitrogen and oxygen atoms in total. The largest absolute Gasteiger partial charge is 0.356 e. The van der Waals surface area contributed by atoms with Crippen molar-refractivity contribution in [3.05, 3.63) is 30.3 Å². The third-order valence-corrected chi connectivity index (χ3v) is 8.80. The normalized spacial score (nSPS) is 24.1. The number of nitrogens with one attached hydrogen (secondary N) is 2. The van der Waals surface area contributed by atoms with E-state index in [4.69, 9.17) is 0 Å². The van der Waals surface area contributed by atoms with Gasteiger partial charge in [0, 0.05) is 38.0 Å². The van der Waals surface area contributed by atoms with Crippen LogP contribution in [-0.4, -0.2) is 62.9 Å². The molecule has 1 aromatic carbocycles. The highest BCUT2D eigenvalue weighted by Crippen LogP contribution is 2.28. The smallest absolute Gasteiger partial charge is 0.243 e. The molecule has 1 saturated heterocycles. The number of rotatable bonds is 6. The second-order valence-corrected chi connectivity index (χ2v) is 10.7. The second kappa shape index (κ2) is 11.8. The summed E-state index contributed by atoms with van der Waals surface area (Å²) in [5.74, 6) is 1.33. The number of nitrogens with zero attached hydrogens (tertiary/aromatic N) is 2. The molecule has 2 N–H and O–H groups in total. The quantitative estimate of drug-likeness (QED) is 0.322. The Morgan fingerprint density at radius 2 is 1.86 bits per heavy atom. The summed E-state index contributed by atoms with van der Waals surface area (Å²) in [5.41, 5.74) is 0. The summed E-state index contributed by atoms with van der Waals surface area (Å²) in [6.07, 6.45) is 7.58. The Labute approximate surface area is 196 Å². The first-order valence-corrected chi connectivity index (χ1v) is 12.8. The molecular formula is C20H33IN4O2S2. The van der Waals surface area contributed by atoms with Crippen LogP contribution in [0, 0.1) is 5.92 Å². The zero-order chi connectivity index (χ0) is 20.0. The molecule has 1 heterocycles. The molecule has 1 saturated carbocycles. The van der Waals surface area contributed by atoms with Gasteiger partial charge in [0.25, 0.3) is 0 Å². The van der Waals surface area contributed by atoms with Crippen molar-refractivity contribution in [1.82, 2.24) is 14.9 Å². The summed E-state index contributed by atoms with van der Waals surface area (Å²) < 4.78 is 27.1. The minimum Gasteiger partial charge on any atom is -0.356 e. The summed E-state index contributed by atoms with van der Waals surface area (Å²) in [6, 6.07) is 9.22. The Hall–Kier alpha value is -0.520. The van der Waals surface area contributed by atoms with Crippen LogP contribution in [0.2, 0.25) is 0 Å². The van der Waals surface area contributed by atoms with Crippen LogP contribution < -0.4 is 10.6 Å². The highest BCUT2D eigenvalue weighted by molar-refractivity contribution is 14.0. The molecule has 9 heteroatoms. The zero-order valence-corrected chi connectivity index (χ0v) is 21.2. The van der Waals surface area contributed by atoms with Crippen LogP contribution in [0.3, 0.4) is 0 Å². The molecule has 1 aliphatic heterocycles. The van der Waals surface area contributed by atoms with Gasteiger partial charge < -0.3 is 10.6 Å². The Balaban J connectivity index is 0.00000300. The van der Waals surface area contributed by atoms with Gasteiger partial charge in [-0.3, -0.25) is 4.99 Å². The lowest BCUT2D eigenvalue weighted by Crippen LogP contribution is -2.46. The van der Waals surface area contributed by atoms with Crippen LogP contribution in [0.1, 0.15) is 32.1 Å². The lowest BCUT2D eigenvalue weighted by atomic mass is 9.98. The van der Waals surface area contributed by atoms with Gasteiger partial charge >= 0.3 is 0 Å². The van der Waals surface area contributed by atoms with Crippen LogP contribution in [0.4, 0.5) is 0 Å². The minimum absolute atomic E-state index is 0. The van der Waals surface area contributed by atoms with Gasteiger partial charge in [-0.05, 0) is 56.4 Å². The Kier molecular flexibility index (Phi) is 10.0. The highest BCUT2D eigenvalue weighted by atomic mass is 127. The zero-order valence-electron chi connectivity index (χ0n) is 17.2. The molecule has 0 amide bonds. The number of guanidine groups is 1. The molecule has 1 aliphatic carbocycles. The van der Waals surface area contributed by atoms with Crippen molar-refractivity contribution in [1.29, 1.82) is 0 Å². The number of halogens is 1. The fraction of sp³-hybridized carbons (Fsp3) is 0.650. The number of benzene rings is 1. The Morgan fingerprint density at radius 3 is 2.45 bits per heavy atom. The molecule has 2 unspecified atom stereocenters.